The van der Waals surface area contributed by atoms with Crippen molar-refractivity contribution in [3.63, 3.8) is 0 Å². The molecule has 2 aliphatic heterocycles. The zero-order chi connectivity index (χ0) is 13.3. The van der Waals surface area contributed by atoms with E-state index in [1.807, 2.05) is 12.1 Å². The molecular formula is C15H20N2O2. The topological polar surface area (TPSA) is 42.8 Å². The predicted molar refractivity (Wildman–Crippen MR) is 74.8 cm³/mol. The van der Waals surface area contributed by atoms with Gasteiger partial charge in [-0.25, -0.2) is 0 Å². The van der Waals surface area contributed by atoms with E-state index in [1.165, 1.54) is 5.56 Å². The summed E-state index contributed by atoms with van der Waals surface area (Å²) in [6, 6.07) is 6.17. The van der Waals surface area contributed by atoms with Crippen LogP contribution in [0.25, 0.3) is 0 Å². The van der Waals surface area contributed by atoms with Crippen molar-refractivity contribution in [1.82, 2.24) is 5.32 Å². The van der Waals surface area contributed by atoms with Crippen LogP contribution in [0.2, 0.25) is 0 Å². The first-order valence-corrected chi connectivity index (χ1v) is 6.84. The fourth-order valence-corrected chi connectivity index (χ4v) is 3.11. The molecular weight excluding hydrogens is 240 g/mol. The lowest BCUT2D eigenvalue weighted by molar-refractivity contribution is 0.0373. The molecule has 0 amide bonds. The maximum absolute atomic E-state index is 6.34. The Balaban J connectivity index is 2.04. The van der Waals surface area contributed by atoms with E-state index in [1.54, 1.807) is 7.11 Å². The number of aryl methyl sites for hydroxylation is 1. The number of benzene rings is 1. The van der Waals surface area contributed by atoms with Crippen LogP contribution in [0.1, 0.15) is 30.4 Å². The largest absolute Gasteiger partial charge is 0.486 e. The zero-order valence-corrected chi connectivity index (χ0v) is 11.5. The van der Waals surface area contributed by atoms with Gasteiger partial charge < -0.3 is 14.9 Å². The Morgan fingerprint density at radius 2 is 2.11 bits per heavy atom. The fourth-order valence-electron chi connectivity index (χ4n) is 3.11. The van der Waals surface area contributed by atoms with Gasteiger partial charge in [0, 0.05) is 24.8 Å². The summed E-state index contributed by atoms with van der Waals surface area (Å²) in [5.41, 5.74) is 3.21. The molecule has 1 spiro atoms. The smallest absolute Gasteiger partial charge is 0.129 e. The Hall–Kier alpha value is -1.55. The summed E-state index contributed by atoms with van der Waals surface area (Å²) in [5, 5.41) is 7.64. The number of piperidine rings is 1. The number of oxime groups is 1. The SMILES string of the molecule is CON=C1CC2(CCNCC2)Oc2cccc(C)c21. The van der Waals surface area contributed by atoms with Crippen molar-refractivity contribution in [3.05, 3.63) is 29.3 Å². The molecule has 2 aliphatic rings. The predicted octanol–water partition coefficient (Wildman–Crippen LogP) is 2.25. The quantitative estimate of drug-likeness (QED) is 0.788. The molecule has 0 aliphatic carbocycles. The van der Waals surface area contributed by atoms with Gasteiger partial charge in [-0.1, -0.05) is 17.3 Å². The number of nitrogens with one attached hydrogen (secondary N) is 1. The van der Waals surface area contributed by atoms with Crippen LogP contribution in [-0.4, -0.2) is 31.5 Å². The summed E-state index contributed by atoms with van der Waals surface area (Å²) < 4.78 is 6.34. The summed E-state index contributed by atoms with van der Waals surface area (Å²) in [6.45, 7) is 4.09. The van der Waals surface area contributed by atoms with E-state index in [0.717, 1.165) is 49.4 Å². The zero-order valence-electron chi connectivity index (χ0n) is 11.5. The highest BCUT2D eigenvalue weighted by Gasteiger charge is 2.41. The summed E-state index contributed by atoms with van der Waals surface area (Å²) in [7, 11) is 1.61. The molecule has 0 saturated carbocycles. The third-order valence-corrected chi connectivity index (χ3v) is 4.06. The third-order valence-electron chi connectivity index (χ3n) is 4.06. The van der Waals surface area contributed by atoms with Crippen LogP contribution in [-0.2, 0) is 4.84 Å². The van der Waals surface area contributed by atoms with Crippen molar-refractivity contribution in [1.29, 1.82) is 0 Å². The Kier molecular flexibility index (Phi) is 3.19. The van der Waals surface area contributed by atoms with Gasteiger partial charge in [0.05, 0.1) is 5.71 Å². The van der Waals surface area contributed by atoms with Gasteiger partial charge in [-0.05, 0) is 31.6 Å². The van der Waals surface area contributed by atoms with E-state index < -0.39 is 0 Å². The Bertz CT molecular complexity index is 505. The lowest BCUT2D eigenvalue weighted by Gasteiger charge is -2.42. The molecule has 1 saturated heterocycles. The molecule has 1 fully saturated rings. The van der Waals surface area contributed by atoms with Gasteiger partial charge in [-0.15, -0.1) is 0 Å². The molecule has 4 nitrogen and oxygen atoms in total. The fraction of sp³-hybridized carbons (Fsp3) is 0.533. The summed E-state index contributed by atoms with van der Waals surface area (Å²) in [5.74, 6) is 0.948. The molecule has 3 rings (SSSR count). The Morgan fingerprint density at radius 1 is 1.32 bits per heavy atom. The molecule has 19 heavy (non-hydrogen) atoms. The molecule has 4 heteroatoms. The van der Waals surface area contributed by atoms with E-state index in [2.05, 4.69) is 23.5 Å². The Labute approximate surface area is 113 Å². The van der Waals surface area contributed by atoms with Gasteiger partial charge in [0.2, 0.25) is 0 Å². The van der Waals surface area contributed by atoms with Crippen molar-refractivity contribution in [2.45, 2.75) is 31.8 Å². The third kappa shape index (κ3) is 2.21. The molecule has 0 radical (unpaired) electrons. The van der Waals surface area contributed by atoms with Gasteiger partial charge in [-0.3, -0.25) is 0 Å². The second-order valence-corrected chi connectivity index (χ2v) is 5.38. The van der Waals surface area contributed by atoms with E-state index >= 15 is 0 Å². The van der Waals surface area contributed by atoms with Crippen LogP contribution in [0.4, 0.5) is 0 Å². The number of hydrogen-bond donors (Lipinski definition) is 1. The molecule has 0 aromatic heterocycles. The molecule has 0 bridgehead atoms. The average molecular weight is 260 g/mol. The van der Waals surface area contributed by atoms with Crippen LogP contribution < -0.4 is 10.1 Å². The van der Waals surface area contributed by atoms with Crippen molar-refractivity contribution in [2.75, 3.05) is 20.2 Å². The van der Waals surface area contributed by atoms with Crippen LogP contribution in [0, 0.1) is 6.92 Å². The van der Waals surface area contributed by atoms with Crippen molar-refractivity contribution in [3.8, 4) is 5.75 Å². The lowest BCUT2D eigenvalue weighted by atomic mass is 9.82. The number of hydrogen-bond acceptors (Lipinski definition) is 4. The minimum absolute atomic E-state index is 0.108. The molecule has 2 heterocycles. The number of ether oxygens (including phenoxy) is 1. The maximum Gasteiger partial charge on any atom is 0.129 e. The first kappa shape index (κ1) is 12.5. The normalized spacial score (nSPS) is 22.9. The summed E-state index contributed by atoms with van der Waals surface area (Å²) >= 11 is 0. The highest BCUT2D eigenvalue weighted by molar-refractivity contribution is 6.05. The second-order valence-electron chi connectivity index (χ2n) is 5.38. The highest BCUT2D eigenvalue weighted by atomic mass is 16.6. The number of fused-ring (bicyclic) bond motifs is 1. The van der Waals surface area contributed by atoms with Crippen LogP contribution in [0.3, 0.4) is 0 Å². The number of rotatable bonds is 1. The lowest BCUT2D eigenvalue weighted by Crippen LogP contribution is -2.50. The highest BCUT2D eigenvalue weighted by Crippen LogP contribution is 2.39. The average Bonchev–Trinajstić information content (AvgIpc) is 2.39. The standard InChI is InChI=1S/C15H20N2O2/c1-11-4-3-5-13-14(11)12(17-18-2)10-15(19-13)6-8-16-9-7-15/h3-5,16H,6-10H2,1-2H3. The molecule has 1 aromatic rings. The van der Waals surface area contributed by atoms with E-state index in [4.69, 9.17) is 9.57 Å². The summed E-state index contributed by atoms with van der Waals surface area (Å²) in [4.78, 5) is 5.04. The van der Waals surface area contributed by atoms with Crippen molar-refractivity contribution < 1.29 is 9.57 Å². The number of nitrogens with zero attached hydrogens (tertiary/aromatic N) is 1. The monoisotopic (exact) mass is 260 g/mol. The van der Waals surface area contributed by atoms with Gasteiger partial charge in [0.1, 0.15) is 18.5 Å². The molecule has 1 aromatic carbocycles. The second kappa shape index (κ2) is 4.85. The van der Waals surface area contributed by atoms with Gasteiger partial charge >= 0.3 is 0 Å². The molecule has 1 N–H and O–H groups in total. The Morgan fingerprint density at radius 3 is 2.84 bits per heavy atom. The van der Waals surface area contributed by atoms with E-state index in [-0.39, 0.29) is 5.60 Å². The minimum Gasteiger partial charge on any atom is -0.486 e. The van der Waals surface area contributed by atoms with Crippen molar-refractivity contribution in [2.24, 2.45) is 5.16 Å². The summed E-state index contributed by atoms with van der Waals surface area (Å²) in [6.07, 6.45) is 2.87. The van der Waals surface area contributed by atoms with E-state index in [0.29, 0.717) is 0 Å². The van der Waals surface area contributed by atoms with Crippen LogP contribution in [0.15, 0.2) is 23.4 Å². The van der Waals surface area contributed by atoms with Gasteiger partial charge in [0.15, 0.2) is 0 Å². The van der Waals surface area contributed by atoms with Gasteiger partial charge in [0.25, 0.3) is 0 Å². The molecule has 0 atom stereocenters. The molecule has 102 valence electrons. The maximum atomic E-state index is 6.34. The van der Waals surface area contributed by atoms with Crippen LogP contribution >= 0.6 is 0 Å². The first-order valence-electron chi connectivity index (χ1n) is 6.84. The first-order chi connectivity index (χ1) is 9.24. The minimum atomic E-state index is -0.108. The van der Waals surface area contributed by atoms with Gasteiger partial charge in [-0.2, -0.15) is 0 Å². The van der Waals surface area contributed by atoms with E-state index in [9.17, 15) is 0 Å². The van der Waals surface area contributed by atoms with Crippen LogP contribution in [0.5, 0.6) is 5.75 Å². The van der Waals surface area contributed by atoms with Crippen molar-refractivity contribution >= 4 is 5.71 Å². The molecule has 0 unspecified atom stereocenters.